The molecule has 3 nitrogen and oxygen atoms in total. The van der Waals surface area contributed by atoms with Crippen LogP contribution < -0.4 is 4.74 Å². The minimum absolute atomic E-state index is 0.00939. The fraction of sp³-hybridized carbons (Fsp3) is 0.133. The molecule has 0 aliphatic rings. The standard InChI is InChI=1S/C15H10Br2FNO2/c16-12-4-10(7-20)5-13(17)15(12)21-8-9-1-2-14(18)11(3-9)6-19/h1-5,20H,7-8H2. The molecule has 0 aromatic heterocycles. The van der Waals surface area contributed by atoms with E-state index < -0.39 is 5.82 Å². The number of nitriles is 1. The van der Waals surface area contributed by atoms with Gasteiger partial charge in [-0.15, -0.1) is 0 Å². The fourth-order valence-electron chi connectivity index (χ4n) is 1.74. The lowest BCUT2D eigenvalue weighted by Crippen LogP contribution is -1.99. The molecule has 0 fully saturated rings. The molecule has 0 aliphatic carbocycles. The van der Waals surface area contributed by atoms with E-state index in [1.807, 2.05) is 0 Å². The van der Waals surface area contributed by atoms with Crippen molar-refractivity contribution in [3.63, 3.8) is 0 Å². The molecule has 6 heteroatoms. The van der Waals surface area contributed by atoms with E-state index in [9.17, 15) is 4.39 Å². The monoisotopic (exact) mass is 413 g/mol. The summed E-state index contributed by atoms with van der Waals surface area (Å²) in [5.74, 6) is 0.0333. The SMILES string of the molecule is N#Cc1cc(COc2c(Br)cc(CO)cc2Br)ccc1F. The summed E-state index contributed by atoms with van der Waals surface area (Å²) in [6.45, 7) is 0.131. The van der Waals surface area contributed by atoms with Crippen molar-refractivity contribution < 1.29 is 14.2 Å². The van der Waals surface area contributed by atoms with Crippen LogP contribution in [0.2, 0.25) is 0 Å². The van der Waals surface area contributed by atoms with Gasteiger partial charge >= 0.3 is 0 Å². The number of aliphatic hydroxyl groups excluding tert-OH is 1. The molecule has 2 aromatic rings. The van der Waals surface area contributed by atoms with Gasteiger partial charge in [0.2, 0.25) is 0 Å². The molecule has 0 spiro atoms. The van der Waals surface area contributed by atoms with Gasteiger partial charge in [0.25, 0.3) is 0 Å². The number of benzene rings is 2. The van der Waals surface area contributed by atoms with E-state index in [1.165, 1.54) is 12.1 Å². The van der Waals surface area contributed by atoms with Crippen molar-refractivity contribution in [2.24, 2.45) is 0 Å². The Bertz CT molecular complexity index is 690. The van der Waals surface area contributed by atoms with Gasteiger partial charge in [-0.1, -0.05) is 6.07 Å². The van der Waals surface area contributed by atoms with Crippen LogP contribution in [0.1, 0.15) is 16.7 Å². The highest BCUT2D eigenvalue weighted by molar-refractivity contribution is 9.11. The average molecular weight is 415 g/mol. The van der Waals surface area contributed by atoms with Gasteiger partial charge in [-0.05, 0) is 67.3 Å². The molecule has 0 bridgehead atoms. The lowest BCUT2D eigenvalue weighted by Gasteiger charge is -2.12. The van der Waals surface area contributed by atoms with Gasteiger partial charge < -0.3 is 9.84 Å². The zero-order valence-corrected chi connectivity index (χ0v) is 13.9. The summed E-state index contributed by atoms with van der Waals surface area (Å²) in [6.07, 6.45) is 0. The lowest BCUT2D eigenvalue weighted by atomic mass is 10.1. The lowest BCUT2D eigenvalue weighted by molar-refractivity contribution is 0.280. The summed E-state index contributed by atoms with van der Waals surface area (Å²) in [4.78, 5) is 0. The molecule has 0 amide bonds. The average Bonchev–Trinajstić information content (AvgIpc) is 2.47. The van der Waals surface area contributed by atoms with Crippen molar-refractivity contribution in [3.8, 4) is 11.8 Å². The maximum Gasteiger partial charge on any atom is 0.148 e. The first-order valence-corrected chi connectivity index (χ1v) is 7.54. The number of rotatable bonds is 4. The van der Waals surface area contributed by atoms with Crippen LogP contribution in [0.4, 0.5) is 4.39 Å². The predicted molar refractivity (Wildman–Crippen MR) is 83.2 cm³/mol. The normalized spacial score (nSPS) is 10.2. The minimum atomic E-state index is -0.545. The van der Waals surface area contributed by atoms with Crippen LogP contribution in [-0.4, -0.2) is 5.11 Å². The van der Waals surface area contributed by atoms with Gasteiger partial charge in [0.15, 0.2) is 0 Å². The molecule has 0 saturated carbocycles. The first-order valence-electron chi connectivity index (χ1n) is 5.95. The highest BCUT2D eigenvalue weighted by Gasteiger charge is 2.10. The summed E-state index contributed by atoms with van der Waals surface area (Å²) in [6, 6.07) is 9.58. The summed E-state index contributed by atoms with van der Waals surface area (Å²) >= 11 is 6.75. The van der Waals surface area contributed by atoms with Crippen molar-refractivity contribution in [1.82, 2.24) is 0 Å². The smallest absolute Gasteiger partial charge is 0.148 e. The third-order valence-electron chi connectivity index (χ3n) is 2.78. The van der Waals surface area contributed by atoms with Crippen molar-refractivity contribution >= 4 is 31.9 Å². The number of aliphatic hydroxyl groups is 1. The summed E-state index contributed by atoms with van der Waals surface area (Å²) in [5.41, 5.74) is 1.43. The molecule has 0 saturated heterocycles. The molecular formula is C15H10Br2FNO2. The first kappa shape index (κ1) is 16.0. The third kappa shape index (κ3) is 3.82. The van der Waals surface area contributed by atoms with Crippen molar-refractivity contribution in [1.29, 1.82) is 5.26 Å². The van der Waals surface area contributed by atoms with Crippen LogP contribution in [0.5, 0.6) is 5.75 Å². The van der Waals surface area contributed by atoms with E-state index in [0.717, 1.165) is 5.56 Å². The van der Waals surface area contributed by atoms with E-state index in [1.54, 1.807) is 24.3 Å². The Balaban J connectivity index is 2.19. The summed E-state index contributed by atoms with van der Waals surface area (Å²) in [7, 11) is 0. The molecule has 21 heavy (non-hydrogen) atoms. The zero-order valence-electron chi connectivity index (χ0n) is 10.7. The second kappa shape index (κ2) is 7.03. The molecular weight excluding hydrogens is 405 g/mol. The number of ether oxygens (including phenoxy) is 1. The minimum Gasteiger partial charge on any atom is -0.487 e. The highest BCUT2D eigenvalue weighted by atomic mass is 79.9. The largest absolute Gasteiger partial charge is 0.487 e. The van der Waals surface area contributed by atoms with Crippen LogP contribution in [-0.2, 0) is 13.2 Å². The van der Waals surface area contributed by atoms with Crippen LogP contribution in [0.3, 0.4) is 0 Å². The summed E-state index contributed by atoms with van der Waals surface area (Å²) < 4.78 is 20.3. The van der Waals surface area contributed by atoms with E-state index in [0.29, 0.717) is 20.3 Å². The van der Waals surface area contributed by atoms with Gasteiger partial charge in [0.05, 0.1) is 21.1 Å². The Hall–Kier alpha value is -1.42. The van der Waals surface area contributed by atoms with Crippen molar-refractivity contribution in [2.75, 3.05) is 0 Å². The van der Waals surface area contributed by atoms with Crippen LogP contribution in [0.15, 0.2) is 39.3 Å². The molecule has 0 radical (unpaired) electrons. The van der Waals surface area contributed by atoms with Crippen LogP contribution in [0.25, 0.3) is 0 Å². The molecule has 0 heterocycles. The Morgan fingerprint density at radius 2 is 1.81 bits per heavy atom. The zero-order chi connectivity index (χ0) is 15.4. The number of halogens is 3. The predicted octanol–water partition coefficient (Wildman–Crippen LogP) is 4.29. The van der Waals surface area contributed by atoms with Gasteiger partial charge in [0.1, 0.15) is 24.2 Å². The van der Waals surface area contributed by atoms with E-state index in [-0.39, 0.29) is 18.8 Å². The maximum atomic E-state index is 13.2. The van der Waals surface area contributed by atoms with Gasteiger partial charge in [0, 0.05) is 0 Å². The van der Waals surface area contributed by atoms with E-state index in [2.05, 4.69) is 31.9 Å². The molecule has 2 rings (SSSR count). The molecule has 108 valence electrons. The second-order valence-electron chi connectivity index (χ2n) is 4.26. The highest BCUT2D eigenvalue weighted by Crippen LogP contribution is 2.35. The van der Waals surface area contributed by atoms with Crippen LogP contribution >= 0.6 is 31.9 Å². The Labute approximate surface area is 138 Å². The van der Waals surface area contributed by atoms with E-state index in [4.69, 9.17) is 15.1 Å². The number of hydrogen-bond donors (Lipinski definition) is 1. The third-order valence-corrected chi connectivity index (χ3v) is 3.95. The molecule has 2 aromatic carbocycles. The maximum absolute atomic E-state index is 13.2. The van der Waals surface area contributed by atoms with Crippen LogP contribution in [0, 0.1) is 17.1 Å². The molecule has 0 unspecified atom stereocenters. The molecule has 1 N–H and O–H groups in total. The second-order valence-corrected chi connectivity index (χ2v) is 5.97. The van der Waals surface area contributed by atoms with Gasteiger partial charge in [-0.25, -0.2) is 4.39 Å². The number of hydrogen-bond acceptors (Lipinski definition) is 3. The van der Waals surface area contributed by atoms with Gasteiger partial charge in [-0.2, -0.15) is 5.26 Å². The van der Waals surface area contributed by atoms with Crippen molar-refractivity contribution in [3.05, 3.63) is 61.8 Å². The van der Waals surface area contributed by atoms with E-state index >= 15 is 0 Å². The quantitative estimate of drug-likeness (QED) is 0.811. The Morgan fingerprint density at radius 1 is 1.14 bits per heavy atom. The Morgan fingerprint density at radius 3 is 2.38 bits per heavy atom. The molecule has 0 aliphatic heterocycles. The topological polar surface area (TPSA) is 53.2 Å². The summed E-state index contributed by atoms with van der Waals surface area (Å²) in [5, 5.41) is 17.9. The molecule has 0 atom stereocenters. The Kier molecular flexibility index (Phi) is 5.34. The first-order chi connectivity index (χ1) is 10.0. The number of nitrogens with zero attached hydrogens (tertiary/aromatic N) is 1. The van der Waals surface area contributed by atoms with Gasteiger partial charge in [-0.3, -0.25) is 0 Å². The van der Waals surface area contributed by atoms with Crippen molar-refractivity contribution in [2.45, 2.75) is 13.2 Å². The fourth-order valence-corrected chi connectivity index (χ4v) is 3.26.